The van der Waals surface area contributed by atoms with Crippen LogP contribution in [0.5, 0.6) is 0 Å². The predicted octanol–water partition coefficient (Wildman–Crippen LogP) is 8.83. The Morgan fingerprint density at radius 3 is 1.52 bits per heavy atom. The van der Waals surface area contributed by atoms with Crippen molar-refractivity contribution in [2.45, 2.75) is 114 Å². The van der Waals surface area contributed by atoms with Gasteiger partial charge in [-0.25, -0.2) is 9.13 Å². The second kappa shape index (κ2) is 13.6. The molecule has 1 fully saturated rings. The van der Waals surface area contributed by atoms with Gasteiger partial charge in [-0.2, -0.15) is 35.1 Å². The number of benzene rings is 1. The van der Waals surface area contributed by atoms with Gasteiger partial charge in [0, 0.05) is 5.69 Å². The fraction of sp³-hybridized carbons (Fsp3) is 0.690. The number of rotatable bonds is 15. The lowest BCUT2D eigenvalue weighted by molar-refractivity contribution is -0.696. The van der Waals surface area contributed by atoms with Crippen LogP contribution >= 0.6 is 0 Å². The van der Waals surface area contributed by atoms with Crippen molar-refractivity contribution in [1.29, 1.82) is 0 Å². The van der Waals surface area contributed by atoms with Crippen molar-refractivity contribution in [3.05, 3.63) is 43.0 Å². The molecule has 226 valence electrons. The average molecular weight is 583 g/mol. The number of unbranched alkanes of at least 4 members (excludes halogenated alkanes) is 11. The van der Waals surface area contributed by atoms with Gasteiger partial charge in [-0.15, -0.1) is 0 Å². The molecule has 2 heterocycles. The van der Waals surface area contributed by atoms with E-state index < -0.39 is 36.8 Å². The zero-order valence-electron chi connectivity index (χ0n) is 23.0. The summed E-state index contributed by atoms with van der Waals surface area (Å²) in [6.45, 7) is -0.899. The Balaban J connectivity index is 1.47. The lowest BCUT2D eigenvalue weighted by Crippen LogP contribution is -2.61. The zero-order chi connectivity index (χ0) is 29.4. The van der Waals surface area contributed by atoms with Crippen LogP contribution in [0.3, 0.4) is 0 Å². The van der Waals surface area contributed by atoms with Crippen LogP contribution in [0.15, 0.2) is 43.0 Å². The highest BCUT2D eigenvalue weighted by atomic mass is 19.4. The van der Waals surface area contributed by atoms with Gasteiger partial charge < -0.3 is 4.90 Å². The molecule has 0 bridgehead atoms. The standard InChI is InChI=1S/C29H40F8N3/c1-2-3-4-5-6-7-8-9-10-11-12-13-18-38-19-20-39(23-38)24-14-16-25(17-15-24)40-21-26(30,31)28(34,35)29(36,37)27(32,33)22-40/h14-17,19-20,23H,2-13,18,21-22H2,1H3/q+1. The number of aromatic nitrogens is 2. The van der Waals surface area contributed by atoms with Crippen LogP contribution in [0.2, 0.25) is 0 Å². The molecule has 1 aromatic heterocycles. The SMILES string of the molecule is CCCCCCCCCCCCCC[n+]1ccn(-c2ccc(N3CC(F)(F)C(F)(F)C(F)(F)C(F)(F)C3)cc2)c1. The Morgan fingerprint density at radius 2 is 1.05 bits per heavy atom. The third kappa shape index (κ3) is 7.49. The Kier molecular flexibility index (Phi) is 10.9. The summed E-state index contributed by atoms with van der Waals surface area (Å²) in [5.41, 5.74) is 0.286. The predicted molar refractivity (Wildman–Crippen MR) is 139 cm³/mol. The number of aryl methyl sites for hydroxylation is 1. The second-order valence-electron chi connectivity index (χ2n) is 10.9. The molecule has 0 N–H and O–H groups in total. The molecule has 0 radical (unpaired) electrons. The van der Waals surface area contributed by atoms with Gasteiger partial charge in [0.2, 0.25) is 6.33 Å². The van der Waals surface area contributed by atoms with E-state index in [-0.39, 0.29) is 10.6 Å². The quantitative estimate of drug-likeness (QED) is 0.116. The highest BCUT2D eigenvalue weighted by molar-refractivity contribution is 5.52. The zero-order valence-corrected chi connectivity index (χ0v) is 23.0. The van der Waals surface area contributed by atoms with Crippen molar-refractivity contribution in [3.8, 4) is 5.69 Å². The largest absolute Gasteiger partial charge is 0.380 e. The molecular formula is C29H40F8N3+. The van der Waals surface area contributed by atoms with Crippen LogP contribution in [0.1, 0.15) is 84.0 Å². The van der Waals surface area contributed by atoms with E-state index in [9.17, 15) is 35.1 Å². The van der Waals surface area contributed by atoms with Crippen molar-refractivity contribution in [3.63, 3.8) is 0 Å². The lowest BCUT2D eigenvalue weighted by atomic mass is 10.0. The van der Waals surface area contributed by atoms with Crippen LogP contribution in [-0.2, 0) is 6.54 Å². The van der Waals surface area contributed by atoms with E-state index in [2.05, 4.69) is 6.92 Å². The van der Waals surface area contributed by atoms with Crippen molar-refractivity contribution in [1.82, 2.24) is 4.57 Å². The molecule has 0 unspecified atom stereocenters. The average Bonchev–Trinajstić information content (AvgIpc) is 3.36. The van der Waals surface area contributed by atoms with Gasteiger partial charge in [0.15, 0.2) is 0 Å². The Labute approximate surface area is 231 Å². The summed E-state index contributed by atoms with van der Waals surface area (Å²) in [4.78, 5) is 0.183. The highest BCUT2D eigenvalue weighted by Crippen LogP contribution is 2.55. The molecule has 11 heteroatoms. The summed E-state index contributed by atoms with van der Waals surface area (Å²) in [5, 5.41) is 0. The maximum atomic E-state index is 14.0. The van der Waals surface area contributed by atoms with E-state index in [0.29, 0.717) is 5.69 Å². The molecule has 40 heavy (non-hydrogen) atoms. The third-order valence-electron chi connectivity index (χ3n) is 7.57. The molecule has 2 aromatic rings. The monoisotopic (exact) mass is 582 g/mol. The number of imidazole rings is 1. The number of halogens is 8. The first-order valence-corrected chi connectivity index (χ1v) is 14.3. The maximum Gasteiger partial charge on any atom is 0.380 e. The fourth-order valence-electron chi connectivity index (χ4n) is 5.03. The molecule has 1 saturated heterocycles. The number of hydrogen-bond acceptors (Lipinski definition) is 1. The number of hydrogen-bond donors (Lipinski definition) is 0. The van der Waals surface area contributed by atoms with Crippen LogP contribution < -0.4 is 9.47 Å². The topological polar surface area (TPSA) is 12.0 Å². The number of nitrogens with zero attached hydrogens (tertiary/aromatic N) is 3. The Bertz CT molecular complexity index is 1010. The molecule has 3 nitrogen and oxygen atoms in total. The summed E-state index contributed by atoms with van der Waals surface area (Å²) in [6, 6.07) is 5.22. The van der Waals surface area contributed by atoms with Gasteiger partial charge >= 0.3 is 23.7 Å². The van der Waals surface area contributed by atoms with E-state index in [1.54, 1.807) is 10.8 Å². The van der Waals surface area contributed by atoms with E-state index in [4.69, 9.17) is 0 Å². The van der Waals surface area contributed by atoms with Crippen LogP contribution in [0.25, 0.3) is 5.69 Å². The first-order chi connectivity index (χ1) is 18.8. The summed E-state index contributed by atoms with van der Waals surface area (Å²) in [6.07, 6.45) is 20.5. The molecule has 0 aliphatic carbocycles. The Hall–Kier alpha value is -2.33. The summed E-state index contributed by atoms with van der Waals surface area (Å²) in [5.74, 6) is -23.1. The van der Waals surface area contributed by atoms with Gasteiger partial charge in [0.05, 0.1) is 19.6 Å². The molecular weight excluding hydrogens is 542 g/mol. The van der Waals surface area contributed by atoms with Crippen molar-refractivity contribution < 1.29 is 39.7 Å². The van der Waals surface area contributed by atoms with E-state index in [0.717, 1.165) is 19.4 Å². The van der Waals surface area contributed by atoms with E-state index in [1.165, 1.54) is 88.5 Å². The molecule has 1 aliphatic rings. The van der Waals surface area contributed by atoms with Crippen LogP contribution in [0.4, 0.5) is 40.8 Å². The smallest absolute Gasteiger partial charge is 0.359 e. The van der Waals surface area contributed by atoms with Gasteiger partial charge in [-0.3, -0.25) is 0 Å². The molecule has 0 spiro atoms. The van der Waals surface area contributed by atoms with E-state index in [1.807, 2.05) is 17.1 Å². The highest BCUT2D eigenvalue weighted by Gasteiger charge is 2.82. The fourth-order valence-corrected chi connectivity index (χ4v) is 5.03. The lowest BCUT2D eigenvalue weighted by Gasteiger charge is -2.32. The molecule has 0 amide bonds. The van der Waals surface area contributed by atoms with Gasteiger partial charge in [-0.1, -0.05) is 71.1 Å². The summed E-state index contributed by atoms with van der Waals surface area (Å²) in [7, 11) is 0. The van der Waals surface area contributed by atoms with Crippen molar-refractivity contribution in [2.75, 3.05) is 18.0 Å². The minimum absolute atomic E-state index is 0.183. The normalized spacial score (nSPS) is 19.5. The molecule has 0 atom stereocenters. The molecule has 1 aliphatic heterocycles. The molecule has 1 aromatic carbocycles. The first kappa shape index (κ1) is 32.2. The van der Waals surface area contributed by atoms with Crippen LogP contribution in [0, 0.1) is 0 Å². The number of anilines is 1. The molecule has 0 saturated carbocycles. The van der Waals surface area contributed by atoms with Crippen molar-refractivity contribution in [2.24, 2.45) is 0 Å². The van der Waals surface area contributed by atoms with E-state index >= 15 is 0 Å². The minimum Gasteiger partial charge on any atom is -0.359 e. The maximum absolute atomic E-state index is 14.0. The van der Waals surface area contributed by atoms with Crippen molar-refractivity contribution >= 4 is 5.69 Å². The van der Waals surface area contributed by atoms with Crippen LogP contribution in [-0.4, -0.2) is 41.3 Å². The first-order valence-electron chi connectivity index (χ1n) is 14.3. The van der Waals surface area contributed by atoms with Gasteiger partial charge in [0.1, 0.15) is 18.1 Å². The number of alkyl halides is 8. The summed E-state index contributed by atoms with van der Waals surface area (Å²) >= 11 is 0. The summed E-state index contributed by atoms with van der Waals surface area (Å²) < 4.78 is 115. The second-order valence-corrected chi connectivity index (χ2v) is 10.9. The molecule has 3 rings (SSSR count). The van der Waals surface area contributed by atoms with Gasteiger partial charge in [-0.05, 0) is 37.1 Å². The Morgan fingerprint density at radius 1 is 0.625 bits per heavy atom. The van der Waals surface area contributed by atoms with Gasteiger partial charge in [0.25, 0.3) is 0 Å². The third-order valence-corrected chi connectivity index (χ3v) is 7.57. The minimum atomic E-state index is -6.20.